The van der Waals surface area contributed by atoms with E-state index in [0.29, 0.717) is 11.1 Å². The fourth-order valence-corrected chi connectivity index (χ4v) is 3.12. The van der Waals surface area contributed by atoms with E-state index in [2.05, 4.69) is 40.0 Å². The minimum atomic E-state index is 0.573. The van der Waals surface area contributed by atoms with E-state index in [0.717, 1.165) is 38.5 Å². The number of H-pyrrole nitrogens is 1. The van der Waals surface area contributed by atoms with Crippen LogP contribution in [0.25, 0.3) is 22.6 Å². The van der Waals surface area contributed by atoms with E-state index in [1.54, 1.807) is 0 Å². The van der Waals surface area contributed by atoms with Crippen molar-refractivity contribution in [2.75, 3.05) is 0 Å². The number of fused-ring (bicyclic) bond motifs is 1. The first-order valence-corrected chi connectivity index (χ1v) is 8.37. The molecule has 4 heteroatoms. The minimum Gasteiger partial charge on any atom is -0.361 e. The molecule has 0 bridgehead atoms. The number of aromatic amines is 1. The van der Waals surface area contributed by atoms with Gasteiger partial charge in [0.25, 0.3) is 0 Å². The Morgan fingerprint density at radius 1 is 1.21 bits per heavy atom. The van der Waals surface area contributed by atoms with Gasteiger partial charge in [0.1, 0.15) is 0 Å². The van der Waals surface area contributed by atoms with Gasteiger partial charge in [-0.1, -0.05) is 28.9 Å². The number of nitrogens with zero attached hydrogens (tertiary/aromatic N) is 2. The summed E-state index contributed by atoms with van der Waals surface area (Å²) in [6, 6.07) is 16.0. The van der Waals surface area contributed by atoms with Crippen LogP contribution in [0.1, 0.15) is 29.2 Å². The van der Waals surface area contributed by atoms with Crippen molar-refractivity contribution in [3.05, 3.63) is 69.3 Å². The van der Waals surface area contributed by atoms with Gasteiger partial charge in [0.05, 0.1) is 23.3 Å². The second-order valence-corrected chi connectivity index (χ2v) is 6.36. The zero-order valence-electron chi connectivity index (χ0n) is 13.1. The van der Waals surface area contributed by atoms with Crippen molar-refractivity contribution >= 4 is 38.5 Å². The molecule has 24 heavy (non-hydrogen) atoms. The zero-order valence-corrected chi connectivity index (χ0v) is 14.7. The molecular weight excluding hydrogens is 362 g/mol. The van der Waals surface area contributed by atoms with Crippen molar-refractivity contribution in [3.8, 4) is 12.1 Å². The summed E-state index contributed by atoms with van der Waals surface area (Å²) in [5.41, 5.74) is 5.04. The van der Waals surface area contributed by atoms with Crippen LogP contribution in [0.15, 0.2) is 47.1 Å². The molecule has 0 saturated carbocycles. The number of benzene rings is 2. The molecule has 3 aromatic rings. The first-order valence-electron chi connectivity index (χ1n) is 7.58. The Morgan fingerprint density at radius 3 is 2.75 bits per heavy atom. The average Bonchev–Trinajstić information content (AvgIpc) is 3.02. The fourth-order valence-electron chi connectivity index (χ4n) is 2.76. The molecule has 1 heterocycles. The molecule has 0 spiro atoms. The van der Waals surface area contributed by atoms with Crippen LogP contribution in [0, 0.1) is 22.7 Å². The monoisotopic (exact) mass is 375 g/mol. The smallest absolute Gasteiger partial charge is 0.0998 e. The summed E-state index contributed by atoms with van der Waals surface area (Å²) in [5, 5.41) is 19.8. The first kappa shape index (κ1) is 16.1. The second kappa shape index (κ2) is 6.74. The SMILES string of the molecule is CCc1ccc(C#N)cc1/C=C(\C#N)c1c[nH]c2ccc(Br)cc12. The summed E-state index contributed by atoms with van der Waals surface area (Å²) in [6.45, 7) is 2.06. The summed E-state index contributed by atoms with van der Waals surface area (Å²) < 4.78 is 0.967. The van der Waals surface area contributed by atoms with Crippen molar-refractivity contribution < 1.29 is 0 Å². The molecule has 1 aromatic heterocycles. The van der Waals surface area contributed by atoms with Crippen LogP contribution in [0.5, 0.6) is 0 Å². The van der Waals surface area contributed by atoms with Gasteiger partial charge in [0.15, 0.2) is 0 Å². The highest BCUT2D eigenvalue weighted by Crippen LogP contribution is 2.29. The van der Waals surface area contributed by atoms with Crippen molar-refractivity contribution in [2.24, 2.45) is 0 Å². The normalized spacial score (nSPS) is 11.2. The van der Waals surface area contributed by atoms with Crippen LogP contribution in [0.3, 0.4) is 0 Å². The Morgan fingerprint density at radius 2 is 2.04 bits per heavy atom. The minimum absolute atomic E-state index is 0.573. The Bertz CT molecular complexity index is 1030. The molecule has 3 rings (SSSR count). The van der Waals surface area contributed by atoms with Gasteiger partial charge < -0.3 is 4.98 Å². The van der Waals surface area contributed by atoms with E-state index in [1.165, 1.54) is 0 Å². The second-order valence-electron chi connectivity index (χ2n) is 5.44. The molecule has 116 valence electrons. The van der Waals surface area contributed by atoms with Gasteiger partial charge in [-0.15, -0.1) is 0 Å². The quantitative estimate of drug-likeness (QED) is 0.620. The number of nitrogens with one attached hydrogen (secondary N) is 1. The maximum absolute atomic E-state index is 9.67. The summed E-state index contributed by atoms with van der Waals surface area (Å²) in [5.74, 6) is 0. The van der Waals surface area contributed by atoms with E-state index in [9.17, 15) is 5.26 Å². The van der Waals surface area contributed by atoms with E-state index < -0.39 is 0 Å². The van der Waals surface area contributed by atoms with Crippen LogP contribution < -0.4 is 0 Å². The van der Waals surface area contributed by atoms with Crippen LogP contribution in [-0.4, -0.2) is 4.98 Å². The largest absolute Gasteiger partial charge is 0.361 e. The number of aromatic nitrogens is 1. The molecular formula is C20H14BrN3. The average molecular weight is 376 g/mol. The van der Waals surface area contributed by atoms with E-state index in [1.807, 2.05) is 48.7 Å². The van der Waals surface area contributed by atoms with Crippen molar-refractivity contribution in [1.29, 1.82) is 10.5 Å². The molecule has 1 N–H and O–H groups in total. The lowest BCUT2D eigenvalue weighted by atomic mass is 9.97. The molecule has 2 aromatic carbocycles. The number of halogens is 1. The molecule has 0 radical (unpaired) electrons. The maximum Gasteiger partial charge on any atom is 0.0998 e. The number of nitriles is 2. The Kier molecular flexibility index (Phi) is 4.51. The topological polar surface area (TPSA) is 63.4 Å². The highest BCUT2D eigenvalue weighted by Gasteiger charge is 2.10. The highest BCUT2D eigenvalue weighted by atomic mass is 79.9. The van der Waals surface area contributed by atoms with Crippen LogP contribution in [-0.2, 0) is 6.42 Å². The number of hydrogen-bond acceptors (Lipinski definition) is 2. The molecule has 3 nitrogen and oxygen atoms in total. The maximum atomic E-state index is 9.67. The van der Waals surface area contributed by atoms with Crippen molar-refractivity contribution in [3.63, 3.8) is 0 Å². The van der Waals surface area contributed by atoms with Gasteiger partial charge in [-0.05, 0) is 54.0 Å². The summed E-state index contributed by atoms with van der Waals surface area (Å²) in [4.78, 5) is 3.20. The molecule has 0 aliphatic heterocycles. The van der Waals surface area contributed by atoms with Crippen LogP contribution in [0.4, 0.5) is 0 Å². The van der Waals surface area contributed by atoms with Gasteiger partial charge in [-0.3, -0.25) is 0 Å². The third-order valence-electron chi connectivity index (χ3n) is 4.01. The third kappa shape index (κ3) is 2.97. The summed E-state index contributed by atoms with van der Waals surface area (Å²) in [7, 11) is 0. The highest BCUT2D eigenvalue weighted by molar-refractivity contribution is 9.10. The summed E-state index contributed by atoms with van der Waals surface area (Å²) in [6.07, 6.45) is 4.56. The van der Waals surface area contributed by atoms with E-state index in [-0.39, 0.29) is 0 Å². The third-order valence-corrected chi connectivity index (χ3v) is 4.50. The lowest BCUT2D eigenvalue weighted by Gasteiger charge is -2.05. The summed E-state index contributed by atoms with van der Waals surface area (Å²) >= 11 is 3.48. The number of allylic oxidation sites excluding steroid dienone is 1. The molecule has 0 atom stereocenters. The molecule has 0 saturated heterocycles. The van der Waals surface area contributed by atoms with Crippen LogP contribution >= 0.6 is 15.9 Å². The Labute approximate surface area is 149 Å². The lowest BCUT2D eigenvalue weighted by molar-refractivity contribution is 1.13. The molecule has 0 amide bonds. The number of aryl methyl sites for hydroxylation is 1. The van der Waals surface area contributed by atoms with Crippen molar-refractivity contribution in [2.45, 2.75) is 13.3 Å². The van der Waals surface area contributed by atoms with Gasteiger partial charge >= 0.3 is 0 Å². The first-order chi connectivity index (χ1) is 11.7. The molecule has 0 aliphatic rings. The fraction of sp³-hybridized carbons (Fsp3) is 0.100. The van der Waals surface area contributed by atoms with Gasteiger partial charge in [0.2, 0.25) is 0 Å². The van der Waals surface area contributed by atoms with Crippen LogP contribution in [0.2, 0.25) is 0 Å². The standard InChI is InChI=1S/C20H14BrN3/c1-2-14-4-3-13(10-22)7-15(14)8-16(11-23)19-12-24-20-6-5-17(21)9-18(19)20/h3-9,12,24H,2H2,1H3/b16-8+. The predicted molar refractivity (Wildman–Crippen MR) is 100 cm³/mol. The number of hydrogen-bond donors (Lipinski definition) is 1. The lowest BCUT2D eigenvalue weighted by Crippen LogP contribution is -1.89. The van der Waals surface area contributed by atoms with Gasteiger partial charge in [-0.25, -0.2) is 0 Å². The number of rotatable bonds is 3. The molecule has 0 fully saturated rings. The van der Waals surface area contributed by atoms with Gasteiger partial charge in [-0.2, -0.15) is 10.5 Å². The Balaban J connectivity index is 2.19. The molecule has 0 aliphatic carbocycles. The zero-order chi connectivity index (χ0) is 17.1. The van der Waals surface area contributed by atoms with E-state index in [4.69, 9.17) is 5.26 Å². The Hall–Kier alpha value is -2.82. The predicted octanol–water partition coefficient (Wildman–Crippen LogP) is 5.43. The molecule has 0 unspecified atom stereocenters. The van der Waals surface area contributed by atoms with Crippen molar-refractivity contribution in [1.82, 2.24) is 4.98 Å². The van der Waals surface area contributed by atoms with E-state index >= 15 is 0 Å². The van der Waals surface area contributed by atoms with Gasteiger partial charge in [0, 0.05) is 27.1 Å².